The smallest absolute Gasteiger partial charge is 0.317 e. The van der Waals surface area contributed by atoms with Crippen LogP contribution in [0.15, 0.2) is 48.5 Å². The van der Waals surface area contributed by atoms with Crippen LogP contribution in [-0.4, -0.2) is 30.3 Å². The van der Waals surface area contributed by atoms with Crippen LogP contribution in [0.1, 0.15) is 38.7 Å². The van der Waals surface area contributed by atoms with E-state index in [4.69, 9.17) is 11.6 Å². The number of hydrogen-bond donors (Lipinski definition) is 1. The number of thiophene rings is 1. The number of fused-ring (bicyclic) bond motifs is 1. The van der Waals surface area contributed by atoms with Gasteiger partial charge in [-0.05, 0) is 50.1 Å². The van der Waals surface area contributed by atoms with Gasteiger partial charge in [-0.15, -0.1) is 11.3 Å². The molecule has 0 aliphatic heterocycles. The Kier molecular flexibility index (Phi) is 6.28. The minimum atomic E-state index is -4.72. The average Bonchev–Trinajstić information content (AvgIpc) is 3.53. The summed E-state index contributed by atoms with van der Waals surface area (Å²) < 4.78 is 44.4. The number of carbonyl (C=O) groups excluding carboxylic acids is 1. The first-order chi connectivity index (χ1) is 17.5. The van der Waals surface area contributed by atoms with Gasteiger partial charge in [0, 0.05) is 6.07 Å². The molecule has 0 aliphatic carbocycles. The first-order valence-electron chi connectivity index (χ1n) is 11.1. The fourth-order valence-corrected chi connectivity index (χ4v) is 5.03. The van der Waals surface area contributed by atoms with Gasteiger partial charge in [-0.1, -0.05) is 35.9 Å². The summed E-state index contributed by atoms with van der Waals surface area (Å²) in [5.74, 6) is -0.666. The van der Waals surface area contributed by atoms with Crippen LogP contribution in [0.4, 0.5) is 18.9 Å². The first kappa shape index (κ1) is 25.0. The Bertz CT molecular complexity index is 1650. The Morgan fingerprint density at radius 3 is 2.51 bits per heavy atom. The van der Waals surface area contributed by atoms with Crippen molar-refractivity contribution >= 4 is 40.2 Å². The van der Waals surface area contributed by atoms with Gasteiger partial charge in [-0.2, -0.15) is 23.4 Å². The van der Waals surface area contributed by atoms with Crippen molar-refractivity contribution in [3.8, 4) is 10.6 Å². The highest BCUT2D eigenvalue weighted by Crippen LogP contribution is 2.35. The molecule has 0 saturated heterocycles. The second-order valence-electron chi connectivity index (χ2n) is 8.51. The van der Waals surface area contributed by atoms with E-state index in [1.807, 2.05) is 38.1 Å². The number of nitrogens with one attached hydrogen (secondary N) is 1. The zero-order valence-corrected chi connectivity index (χ0v) is 21.5. The molecule has 4 aromatic heterocycles. The van der Waals surface area contributed by atoms with Crippen LogP contribution in [-0.2, 0) is 12.7 Å². The first-order valence-corrected chi connectivity index (χ1v) is 12.3. The quantitative estimate of drug-likeness (QED) is 0.272. The number of aromatic nitrogens is 5. The minimum absolute atomic E-state index is 0.0905. The SMILES string of the molecule is Cc1ccccc1Cn1nc(C)c(NC(=O)c2cc3nc(-c4ccc(Cl)s4)cc(C(F)(F)F)n3n2)c1C. The fraction of sp³-hybridized carbons (Fsp3) is 0.200. The number of halogens is 4. The van der Waals surface area contributed by atoms with E-state index in [1.165, 1.54) is 6.07 Å². The van der Waals surface area contributed by atoms with Crippen LogP contribution in [0.3, 0.4) is 0 Å². The zero-order valence-electron chi connectivity index (χ0n) is 19.9. The van der Waals surface area contributed by atoms with E-state index in [0.717, 1.165) is 28.5 Å². The highest BCUT2D eigenvalue weighted by Gasteiger charge is 2.36. The molecule has 0 fully saturated rings. The lowest BCUT2D eigenvalue weighted by atomic mass is 10.1. The molecule has 0 bridgehead atoms. The molecule has 5 aromatic rings. The van der Waals surface area contributed by atoms with Crippen molar-refractivity contribution in [2.75, 3.05) is 5.32 Å². The number of carbonyl (C=O) groups is 1. The van der Waals surface area contributed by atoms with E-state index < -0.39 is 17.8 Å². The molecular formula is C25H20ClF3N6OS. The van der Waals surface area contributed by atoms with Crippen molar-refractivity contribution in [3.63, 3.8) is 0 Å². The van der Waals surface area contributed by atoms with Gasteiger partial charge in [0.1, 0.15) is 0 Å². The van der Waals surface area contributed by atoms with Crippen LogP contribution < -0.4 is 5.32 Å². The number of alkyl halides is 3. The lowest BCUT2D eigenvalue weighted by molar-refractivity contribution is -0.142. The maximum atomic E-state index is 13.9. The number of hydrogen-bond acceptors (Lipinski definition) is 5. The molecule has 7 nitrogen and oxygen atoms in total. The number of anilines is 1. The van der Waals surface area contributed by atoms with Crippen LogP contribution >= 0.6 is 22.9 Å². The molecule has 1 N–H and O–H groups in total. The van der Waals surface area contributed by atoms with Crippen molar-refractivity contribution in [2.45, 2.75) is 33.5 Å². The summed E-state index contributed by atoms with van der Waals surface area (Å²) in [6.45, 7) is 6.09. The van der Waals surface area contributed by atoms with Crippen LogP contribution in [0, 0.1) is 20.8 Å². The third kappa shape index (κ3) is 4.84. The number of aryl methyl sites for hydroxylation is 2. The van der Waals surface area contributed by atoms with E-state index >= 15 is 0 Å². The number of rotatable bonds is 5. The van der Waals surface area contributed by atoms with Gasteiger partial charge >= 0.3 is 6.18 Å². The summed E-state index contributed by atoms with van der Waals surface area (Å²) in [6.07, 6.45) is -4.72. The standard InChI is InChI=1S/C25H20ClF3N6OS/c1-13-6-4-5-7-16(13)12-34-15(3)23(14(2)32-34)31-24(36)18-11-22-30-17(19-8-9-21(26)37-19)10-20(25(27,28)29)35(22)33-18/h4-11H,12H2,1-3H3,(H,31,36). The normalized spacial score (nSPS) is 11.9. The van der Waals surface area contributed by atoms with Crippen molar-refractivity contribution in [1.29, 1.82) is 0 Å². The lowest BCUT2D eigenvalue weighted by Gasteiger charge is -2.10. The summed E-state index contributed by atoms with van der Waals surface area (Å²) in [5.41, 5.74) is 2.70. The van der Waals surface area contributed by atoms with Crippen LogP contribution in [0.25, 0.3) is 16.2 Å². The average molecular weight is 545 g/mol. The largest absolute Gasteiger partial charge is 0.433 e. The van der Waals surface area contributed by atoms with Crippen LogP contribution in [0.5, 0.6) is 0 Å². The van der Waals surface area contributed by atoms with E-state index in [9.17, 15) is 18.0 Å². The van der Waals surface area contributed by atoms with E-state index in [2.05, 4.69) is 20.5 Å². The van der Waals surface area contributed by atoms with Crippen molar-refractivity contribution in [2.24, 2.45) is 0 Å². The molecule has 37 heavy (non-hydrogen) atoms. The number of benzene rings is 1. The summed E-state index contributed by atoms with van der Waals surface area (Å²) in [4.78, 5) is 17.8. The Morgan fingerprint density at radius 2 is 1.84 bits per heavy atom. The maximum Gasteiger partial charge on any atom is 0.433 e. The summed E-state index contributed by atoms with van der Waals surface area (Å²) >= 11 is 7.06. The van der Waals surface area contributed by atoms with Gasteiger partial charge in [0.15, 0.2) is 17.0 Å². The van der Waals surface area contributed by atoms with Crippen molar-refractivity contribution < 1.29 is 18.0 Å². The molecule has 0 atom stereocenters. The molecule has 5 rings (SSSR count). The zero-order chi connectivity index (χ0) is 26.5. The Hall–Kier alpha value is -3.70. The van der Waals surface area contributed by atoms with E-state index in [0.29, 0.717) is 37.3 Å². The predicted molar refractivity (Wildman–Crippen MR) is 136 cm³/mol. The molecule has 0 aliphatic rings. The summed E-state index contributed by atoms with van der Waals surface area (Å²) in [6, 6.07) is 13.2. The topological polar surface area (TPSA) is 77.1 Å². The molecule has 190 valence electrons. The van der Waals surface area contributed by atoms with Crippen LogP contribution in [0.2, 0.25) is 4.34 Å². The predicted octanol–water partition coefficient (Wildman–Crippen LogP) is 6.55. The van der Waals surface area contributed by atoms with Crippen molar-refractivity contribution in [1.82, 2.24) is 24.4 Å². The third-order valence-corrected chi connectivity index (χ3v) is 7.23. The molecule has 1 aromatic carbocycles. The van der Waals surface area contributed by atoms with Gasteiger partial charge in [0.25, 0.3) is 5.91 Å². The van der Waals surface area contributed by atoms with Gasteiger partial charge in [-0.3, -0.25) is 9.48 Å². The van der Waals surface area contributed by atoms with Gasteiger partial charge in [-0.25, -0.2) is 9.50 Å². The molecule has 0 saturated carbocycles. The lowest BCUT2D eigenvalue weighted by Crippen LogP contribution is -2.16. The monoisotopic (exact) mass is 544 g/mol. The second-order valence-corrected chi connectivity index (χ2v) is 10.2. The van der Waals surface area contributed by atoms with Gasteiger partial charge in [0.2, 0.25) is 0 Å². The van der Waals surface area contributed by atoms with Gasteiger partial charge in [0.05, 0.1) is 38.5 Å². The fourth-order valence-electron chi connectivity index (χ4n) is 4.02. The Morgan fingerprint density at radius 1 is 1.08 bits per heavy atom. The molecule has 0 unspecified atom stereocenters. The highest BCUT2D eigenvalue weighted by atomic mass is 35.5. The Labute approximate surface area is 218 Å². The van der Waals surface area contributed by atoms with Crippen molar-refractivity contribution in [3.05, 3.63) is 86.8 Å². The molecule has 12 heteroatoms. The second kappa shape index (κ2) is 9.31. The molecule has 0 spiro atoms. The minimum Gasteiger partial charge on any atom is -0.317 e. The highest BCUT2D eigenvalue weighted by molar-refractivity contribution is 7.19. The van der Waals surface area contributed by atoms with E-state index in [1.54, 1.807) is 23.7 Å². The van der Waals surface area contributed by atoms with E-state index in [-0.39, 0.29) is 17.0 Å². The molecular weight excluding hydrogens is 525 g/mol. The maximum absolute atomic E-state index is 13.9. The number of nitrogens with zero attached hydrogens (tertiary/aromatic N) is 5. The third-order valence-electron chi connectivity index (χ3n) is 5.98. The molecule has 1 amide bonds. The summed E-state index contributed by atoms with van der Waals surface area (Å²) in [7, 11) is 0. The Balaban J connectivity index is 1.48. The summed E-state index contributed by atoms with van der Waals surface area (Å²) in [5, 5.41) is 11.2. The molecule has 0 radical (unpaired) electrons. The van der Waals surface area contributed by atoms with Gasteiger partial charge < -0.3 is 5.32 Å². The number of amides is 1. The molecule has 4 heterocycles.